The van der Waals surface area contributed by atoms with Crippen LogP contribution in [-0.2, 0) is 4.79 Å². The molecule has 5 heteroatoms. The Morgan fingerprint density at radius 1 is 1.50 bits per heavy atom. The van der Waals surface area contributed by atoms with Crippen molar-refractivity contribution in [3.8, 4) is 0 Å². The third-order valence-corrected chi connectivity index (χ3v) is 3.76. The Morgan fingerprint density at radius 2 is 2.17 bits per heavy atom. The molecular formula is C13H19N3O2. The summed E-state index contributed by atoms with van der Waals surface area (Å²) in [5.74, 6) is -0.0683. The van der Waals surface area contributed by atoms with Crippen molar-refractivity contribution in [3.05, 3.63) is 18.0 Å². The van der Waals surface area contributed by atoms with Crippen molar-refractivity contribution < 1.29 is 9.90 Å². The van der Waals surface area contributed by atoms with E-state index in [-0.39, 0.29) is 0 Å². The van der Waals surface area contributed by atoms with Gasteiger partial charge in [0.1, 0.15) is 0 Å². The van der Waals surface area contributed by atoms with Crippen LogP contribution in [0.1, 0.15) is 31.7 Å². The lowest BCUT2D eigenvalue weighted by atomic mass is 9.78. The van der Waals surface area contributed by atoms with Crippen molar-refractivity contribution in [2.75, 3.05) is 18.0 Å². The van der Waals surface area contributed by atoms with Gasteiger partial charge in [0.05, 0.1) is 5.41 Å². The number of carbonyl (C=O) groups is 1. The Bertz CT molecular complexity index is 432. The second-order valence-corrected chi connectivity index (χ2v) is 5.02. The van der Waals surface area contributed by atoms with Gasteiger partial charge in [-0.15, -0.1) is 0 Å². The molecule has 5 nitrogen and oxygen atoms in total. The highest BCUT2D eigenvalue weighted by Gasteiger charge is 2.41. The number of nitrogens with zero attached hydrogens (tertiary/aromatic N) is 3. The van der Waals surface area contributed by atoms with Crippen LogP contribution in [0.3, 0.4) is 0 Å². The Balaban J connectivity index is 2.20. The molecule has 98 valence electrons. The smallest absolute Gasteiger partial charge is 0.311 e. The molecule has 1 N–H and O–H groups in total. The summed E-state index contributed by atoms with van der Waals surface area (Å²) >= 11 is 0. The predicted octanol–water partition coefficient (Wildman–Crippen LogP) is 1.87. The van der Waals surface area contributed by atoms with Crippen molar-refractivity contribution in [2.24, 2.45) is 5.41 Å². The average molecular weight is 249 g/mol. The number of carboxylic acid groups (broad SMARTS) is 1. The molecule has 1 fully saturated rings. The van der Waals surface area contributed by atoms with Crippen LogP contribution < -0.4 is 4.90 Å². The van der Waals surface area contributed by atoms with Gasteiger partial charge in [-0.05, 0) is 31.7 Å². The second-order valence-electron chi connectivity index (χ2n) is 5.02. The number of hydrogen-bond donors (Lipinski definition) is 1. The highest BCUT2D eigenvalue weighted by molar-refractivity contribution is 5.75. The maximum absolute atomic E-state index is 11.5. The lowest BCUT2D eigenvalue weighted by molar-refractivity contribution is -0.149. The minimum atomic E-state index is -0.707. The summed E-state index contributed by atoms with van der Waals surface area (Å²) in [4.78, 5) is 22.0. The monoisotopic (exact) mass is 249 g/mol. The van der Waals surface area contributed by atoms with E-state index < -0.39 is 11.4 Å². The first-order valence-electron chi connectivity index (χ1n) is 6.34. The van der Waals surface area contributed by atoms with E-state index in [1.54, 1.807) is 12.4 Å². The summed E-state index contributed by atoms with van der Waals surface area (Å²) < 4.78 is 0. The molecule has 0 aliphatic carbocycles. The topological polar surface area (TPSA) is 66.3 Å². The molecular weight excluding hydrogens is 230 g/mol. The van der Waals surface area contributed by atoms with Crippen LogP contribution in [0.15, 0.2) is 12.4 Å². The highest BCUT2D eigenvalue weighted by atomic mass is 16.4. The molecule has 2 heterocycles. The van der Waals surface area contributed by atoms with Crippen LogP contribution in [0.25, 0.3) is 0 Å². The molecule has 0 radical (unpaired) electrons. The zero-order valence-electron chi connectivity index (χ0n) is 10.9. The van der Waals surface area contributed by atoms with Crippen molar-refractivity contribution in [1.82, 2.24) is 9.97 Å². The van der Waals surface area contributed by atoms with E-state index in [0.717, 1.165) is 24.9 Å². The molecule has 1 saturated heterocycles. The normalized spacial score (nSPS) is 24.0. The minimum Gasteiger partial charge on any atom is -0.481 e. The number of aliphatic carboxylic acids is 1. The van der Waals surface area contributed by atoms with E-state index in [0.29, 0.717) is 18.9 Å². The van der Waals surface area contributed by atoms with Crippen molar-refractivity contribution in [1.29, 1.82) is 0 Å². The van der Waals surface area contributed by atoms with Crippen LogP contribution >= 0.6 is 0 Å². The molecule has 2 rings (SSSR count). The van der Waals surface area contributed by atoms with Gasteiger partial charge >= 0.3 is 5.97 Å². The zero-order chi connectivity index (χ0) is 13.2. The first-order valence-corrected chi connectivity index (χ1v) is 6.34. The van der Waals surface area contributed by atoms with Gasteiger partial charge in [0, 0.05) is 25.5 Å². The van der Waals surface area contributed by atoms with Crippen molar-refractivity contribution in [2.45, 2.75) is 33.1 Å². The van der Waals surface area contributed by atoms with E-state index in [2.05, 4.69) is 9.97 Å². The third-order valence-electron chi connectivity index (χ3n) is 3.76. The lowest BCUT2D eigenvalue weighted by Gasteiger charge is -2.39. The highest BCUT2D eigenvalue weighted by Crippen LogP contribution is 2.34. The van der Waals surface area contributed by atoms with E-state index >= 15 is 0 Å². The molecule has 1 atom stereocenters. The molecule has 1 aromatic rings. The van der Waals surface area contributed by atoms with Gasteiger partial charge < -0.3 is 10.0 Å². The quantitative estimate of drug-likeness (QED) is 0.885. The third kappa shape index (κ3) is 2.30. The average Bonchev–Trinajstić information content (AvgIpc) is 2.39. The molecule has 1 aliphatic rings. The molecule has 0 aromatic carbocycles. The Morgan fingerprint density at radius 3 is 2.72 bits per heavy atom. The van der Waals surface area contributed by atoms with Gasteiger partial charge in [0.15, 0.2) is 0 Å². The summed E-state index contributed by atoms with van der Waals surface area (Å²) in [5.41, 5.74) is 0.364. The van der Waals surface area contributed by atoms with Gasteiger partial charge in [-0.3, -0.25) is 4.79 Å². The predicted molar refractivity (Wildman–Crippen MR) is 68.6 cm³/mol. The fourth-order valence-electron chi connectivity index (χ4n) is 2.47. The van der Waals surface area contributed by atoms with Gasteiger partial charge in [-0.2, -0.15) is 0 Å². The number of anilines is 1. The van der Waals surface area contributed by atoms with Gasteiger partial charge in [-0.25, -0.2) is 9.97 Å². The molecule has 1 aromatic heterocycles. The fourth-order valence-corrected chi connectivity index (χ4v) is 2.47. The maximum Gasteiger partial charge on any atom is 0.311 e. The van der Waals surface area contributed by atoms with Gasteiger partial charge in [0.2, 0.25) is 5.95 Å². The second kappa shape index (κ2) is 4.92. The largest absolute Gasteiger partial charge is 0.481 e. The van der Waals surface area contributed by atoms with Gasteiger partial charge in [-0.1, -0.05) is 6.92 Å². The van der Waals surface area contributed by atoms with Crippen LogP contribution in [0.4, 0.5) is 5.95 Å². The van der Waals surface area contributed by atoms with Crippen LogP contribution in [0.2, 0.25) is 0 Å². The number of aryl methyl sites for hydroxylation is 1. The molecule has 1 unspecified atom stereocenters. The number of hydrogen-bond acceptors (Lipinski definition) is 4. The van der Waals surface area contributed by atoms with Crippen LogP contribution in [0, 0.1) is 12.3 Å². The van der Waals surface area contributed by atoms with E-state index in [1.807, 2.05) is 18.7 Å². The van der Waals surface area contributed by atoms with E-state index in [1.165, 1.54) is 0 Å². The minimum absolute atomic E-state index is 0.502. The van der Waals surface area contributed by atoms with Crippen LogP contribution in [-0.4, -0.2) is 34.1 Å². The Hall–Kier alpha value is -1.65. The van der Waals surface area contributed by atoms with E-state index in [4.69, 9.17) is 0 Å². The molecule has 0 saturated carbocycles. The number of piperidine rings is 1. The summed E-state index contributed by atoms with van der Waals surface area (Å²) in [6.45, 7) is 5.21. The Kier molecular flexibility index (Phi) is 3.50. The maximum atomic E-state index is 11.5. The standard InChI is InChI=1S/C13H19N3O2/c1-3-13(11(17)18)5-4-6-16(9-13)12-14-7-10(2)8-15-12/h7-8H,3-6,9H2,1-2H3,(H,17,18). The number of rotatable bonds is 3. The van der Waals surface area contributed by atoms with Crippen LogP contribution in [0.5, 0.6) is 0 Å². The summed E-state index contributed by atoms with van der Waals surface area (Å²) in [5, 5.41) is 9.43. The number of aromatic nitrogens is 2. The molecule has 0 amide bonds. The Labute approximate surface area is 107 Å². The van der Waals surface area contributed by atoms with Crippen molar-refractivity contribution >= 4 is 11.9 Å². The molecule has 0 spiro atoms. The fraction of sp³-hybridized carbons (Fsp3) is 0.615. The van der Waals surface area contributed by atoms with Crippen molar-refractivity contribution in [3.63, 3.8) is 0 Å². The first-order chi connectivity index (χ1) is 8.57. The SMILES string of the molecule is CCC1(C(=O)O)CCCN(c2ncc(C)cn2)C1. The summed E-state index contributed by atoms with van der Waals surface area (Å²) in [6, 6.07) is 0. The molecule has 18 heavy (non-hydrogen) atoms. The van der Waals surface area contributed by atoms with Gasteiger partial charge in [0.25, 0.3) is 0 Å². The first kappa shape index (κ1) is 12.8. The molecule has 0 bridgehead atoms. The zero-order valence-corrected chi connectivity index (χ0v) is 10.9. The summed E-state index contributed by atoms with van der Waals surface area (Å²) in [7, 11) is 0. The molecule has 1 aliphatic heterocycles. The summed E-state index contributed by atoms with van der Waals surface area (Å²) in [6.07, 6.45) is 5.79. The van der Waals surface area contributed by atoms with E-state index in [9.17, 15) is 9.90 Å². The number of carboxylic acids is 1. The lowest BCUT2D eigenvalue weighted by Crippen LogP contribution is -2.48.